The summed E-state index contributed by atoms with van der Waals surface area (Å²) in [6, 6.07) is 0. The van der Waals surface area contributed by atoms with Crippen molar-refractivity contribution in [3.8, 4) is 0 Å². The predicted molar refractivity (Wildman–Crippen MR) is 41.4 cm³/mol. The third kappa shape index (κ3) is 2.06. The van der Waals surface area contributed by atoms with Gasteiger partial charge in [-0.05, 0) is 13.3 Å². The molecular formula is C7H11ClFNO. The summed E-state index contributed by atoms with van der Waals surface area (Å²) in [5.41, 5.74) is 0. The smallest absolute Gasteiger partial charge is 0.240 e. The van der Waals surface area contributed by atoms with Crippen molar-refractivity contribution in [2.45, 2.75) is 24.9 Å². The number of halogens is 2. The van der Waals surface area contributed by atoms with Gasteiger partial charge in [-0.25, -0.2) is 4.39 Å². The highest BCUT2D eigenvalue weighted by Crippen LogP contribution is 2.14. The summed E-state index contributed by atoms with van der Waals surface area (Å²) in [5.74, 6) is -0.160. The van der Waals surface area contributed by atoms with E-state index >= 15 is 0 Å². The van der Waals surface area contributed by atoms with E-state index in [0.29, 0.717) is 13.0 Å². The molecule has 4 heteroatoms. The number of amides is 1. The maximum Gasteiger partial charge on any atom is 0.240 e. The quantitative estimate of drug-likeness (QED) is 0.554. The maximum atomic E-state index is 12.6. The molecule has 1 aliphatic heterocycles. The molecule has 0 spiro atoms. The summed E-state index contributed by atoms with van der Waals surface area (Å²) >= 11 is 5.54. The van der Waals surface area contributed by atoms with Gasteiger partial charge in [-0.3, -0.25) is 4.79 Å². The fourth-order valence-corrected chi connectivity index (χ4v) is 1.31. The van der Waals surface area contributed by atoms with E-state index in [1.54, 1.807) is 6.92 Å². The Morgan fingerprint density at radius 1 is 1.82 bits per heavy atom. The molecule has 0 unspecified atom stereocenters. The summed E-state index contributed by atoms with van der Waals surface area (Å²) in [6.45, 7) is 2.34. The molecule has 2 atom stereocenters. The molecule has 0 radical (unpaired) electrons. The Hall–Kier alpha value is -0.310. The van der Waals surface area contributed by atoms with Crippen LogP contribution in [0.4, 0.5) is 4.39 Å². The first-order valence-electron chi connectivity index (χ1n) is 3.68. The molecule has 1 fully saturated rings. The average molecular weight is 180 g/mol. The minimum absolute atomic E-state index is 0.160. The van der Waals surface area contributed by atoms with Crippen LogP contribution in [-0.4, -0.2) is 35.4 Å². The molecule has 2 nitrogen and oxygen atoms in total. The molecule has 0 N–H and O–H groups in total. The van der Waals surface area contributed by atoms with Gasteiger partial charge < -0.3 is 4.90 Å². The third-order valence-corrected chi connectivity index (χ3v) is 1.97. The van der Waals surface area contributed by atoms with Crippen LogP contribution in [0.3, 0.4) is 0 Å². The molecule has 1 amide bonds. The van der Waals surface area contributed by atoms with Crippen LogP contribution in [0, 0.1) is 0 Å². The minimum Gasteiger partial charge on any atom is -0.338 e. The van der Waals surface area contributed by atoms with Gasteiger partial charge in [0.15, 0.2) is 0 Å². The molecule has 0 aromatic heterocycles. The number of likely N-dealkylation sites (tertiary alicyclic amines) is 1. The van der Waals surface area contributed by atoms with Crippen LogP contribution in [-0.2, 0) is 4.79 Å². The van der Waals surface area contributed by atoms with E-state index < -0.39 is 11.5 Å². The number of nitrogens with zero attached hydrogens (tertiary/aromatic N) is 1. The molecule has 0 saturated carbocycles. The summed E-state index contributed by atoms with van der Waals surface area (Å²) in [5, 5.41) is -0.528. The Bertz CT molecular complexity index is 163. The lowest BCUT2D eigenvalue weighted by molar-refractivity contribution is -0.129. The van der Waals surface area contributed by atoms with Crippen molar-refractivity contribution in [1.82, 2.24) is 4.90 Å². The highest BCUT2D eigenvalue weighted by molar-refractivity contribution is 6.30. The monoisotopic (exact) mass is 179 g/mol. The minimum atomic E-state index is -0.852. The molecule has 64 valence electrons. The highest BCUT2D eigenvalue weighted by atomic mass is 35.5. The summed E-state index contributed by atoms with van der Waals surface area (Å²) in [7, 11) is 0. The maximum absolute atomic E-state index is 12.6. The Kier molecular flexibility index (Phi) is 2.71. The van der Waals surface area contributed by atoms with E-state index in [2.05, 4.69) is 0 Å². The van der Waals surface area contributed by atoms with Crippen molar-refractivity contribution in [3.63, 3.8) is 0 Å². The van der Waals surface area contributed by atoms with Gasteiger partial charge in [0.1, 0.15) is 11.5 Å². The Morgan fingerprint density at radius 2 is 2.45 bits per heavy atom. The van der Waals surface area contributed by atoms with E-state index in [9.17, 15) is 9.18 Å². The molecule has 1 rings (SSSR count). The lowest BCUT2D eigenvalue weighted by Gasteiger charge is -2.15. The Labute approximate surface area is 70.3 Å². The number of alkyl halides is 2. The summed E-state index contributed by atoms with van der Waals surface area (Å²) in [4.78, 5) is 12.6. The first-order valence-corrected chi connectivity index (χ1v) is 4.12. The molecule has 1 heterocycles. The van der Waals surface area contributed by atoms with Gasteiger partial charge in [0, 0.05) is 6.54 Å². The summed E-state index contributed by atoms with van der Waals surface area (Å²) in [6.07, 6.45) is -0.399. The van der Waals surface area contributed by atoms with Gasteiger partial charge in [0.05, 0.1) is 6.54 Å². The van der Waals surface area contributed by atoms with Gasteiger partial charge in [-0.2, -0.15) is 0 Å². The molecule has 11 heavy (non-hydrogen) atoms. The highest BCUT2D eigenvalue weighted by Gasteiger charge is 2.27. The zero-order valence-corrected chi connectivity index (χ0v) is 7.14. The lowest BCUT2D eigenvalue weighted by atomic mass is 10.3. The van der Waals surface area contributed by atoms with E-state index in [1.165, 1.54) is 4.90 Å². The van der Waals surface area contributed by atoms with Gasteiger partial charge >= 0.3 is 0 Å². The fourth-order valence-electron chi connectivity index (χ4n) is 1.17. The van der Waals surface area contributed by atoms with Crippen LogP contribution < -0.4 is 0 Å². The van der Waals surface area contributed by atoms with Crippen molar-refractivity contribution >= 4 is 17.5 Å². The lowest BCUT2D eigenvalue weighted by Crippen LogP contribution is -2.33. The van der Waals surface area contributed by atoms with Crippen molar-refractivity contribution in [3.05, 3.63) is 0 Å². The molecule has 0 aromatic rings. The second-order valence-electron chi connectivity index (χ2n) is 2.79. The average Bonchev–Trinajstić information content (AvgIpc) is 2.34. The Balaban J connectivity index is 2.43. The zero-order chi connectivity index (χ0) is 8.43. The first kappa shape index (κ1) is 8.78. The van der Waals surface area contributed by atoms with E-state index in [-0.39, 0.29) is 12.5 Å². The van der Waals surface area contributed by atoms with E-state index in [0.717, 1.165) is 0 Å². The fraction of sp³-hybridized carbons (Fsp3) is 0.857. The van der Waals surface area contributed by atoms with E-state index in [1.807, 2.05) is 0 Å². The van der Waals surface area contributed by atoms with Crippen LogP contribution >= 0.6 is 11.6 Å². The van der Waals surface area contributed by atoms with Crippen molar-refractivity contribution in [1.29, 1.82) is 0 Å². The SMILES string of the molecule is C[C@@H](Cl)C(=O)N1CC[C@@H](F)C1. The molecule has 1 aliphatic rings. The Morgan fingerprint density at radius 3 is 2.82 bits per heavy atom. The predicted octanol–water partition coefficient (Wildman–Crippen LogP) is 1.18. The van der Waals surface area contributed by atoms with Crippen LogP contribution in [0.5, 0.6) is 0 Å². The van der Waals surface area contributed by atoms with Crippen molar-refractivity contribution < 1.29 is 9.18 Å². The van der Waals surface area contributed by atoms with Crippen LogP contribution in [0.2, 0.25) is 0 Å². The number of carbonyl (C=O) groups is 1. The van der Waals surface area contributed by atoms with E-state index in [4.69, 9.17) is 11.6 Å². The second kappa shape index (κ2) is 3.39. The topological polar surface area (TPSA) is 20.3 Å². The number of hydrogen-bond donors (Lipinski definition) is 0. The molecule has 1 saturated heterocycles. The standard InChI is InChI=1S/C7H11ClFNO/c1-5(8)7(11)10-3-2-6(9)4-10/h5-6H,2-4H2,1H3/t5-,6-/m1/s1. The number of hydrogen-bond acceptors (Lipinski definition) is 1. The number of carbonyl (C=O) groups excluding carboxylic acids is 1. The van der Waals surface area contributed by atoms with Gasteiger partial charge in [-0.1, -0.05) is 0 Å². The summed E-state index contributed by atoms with van der Waals surface area (Å²) < 4.78 is 12.6. The number of rotatable bonds is 1. The zero-order valence-electron chi connectivity index (χ0n) is 6.39. The van der Waals surface area contributed by atoms with Crippen LogP contribution in [0.1, 0.15) is 13.3 Å². The normalized spacial score (nSPS) is 27.2. The van der Waals surface area contributed by atoms with Crippen molar-refractivity contribution in [2.75, 3.05) is 13.1 Å². The van der Waals surface area contributed by atoms with Gasteiger partial charge in [0.2, 0.25) is 5.91 Å². The molecule has 0 aromatic carbocycles. The van der Waals surface area contributed by atoms with Crippen LogP contribution in [0.25, 0.3) is 0 Å². The molecular weight excluding hydrogens is 169 g/mol. The largest absolute Gasteiger partial charge is 0.338 e. The van der Waals surface area contributed by atoms with Gasteiger partial charge in [-0.15, -0.1) is 11.6 Å². The molecule has 0 bridgehead atoms. The van der Waals surface area contributed by atoms with Crippen LogP contribution in [0.15, 0.2) is 0 Å². The first-order chi connectivity index (χ1) is 5.11. The van der Waals surface area contributed by atoms with Gasteiger partial charge in [0.25, 0.3) is 0 Å². The third-order valence-electron chi connectivity index (χ3n) is 1.78. The molecule has 0 aliphatic carbocycles. The van der Waals surface area contributed by atoms with Crippen molar-refractivity contribution in [2.24, 2.45) is 0 Å². The second-order valence-corrected chi connectivity index (χ2v) is 3.44.